The van der Waals surface area contributed by atoms with Crippen LogP contribution in [0.1, 0.15) is 24.2 Å². The third-order valence-electron chi connectivity index (χ3n) is 2.37. The molecule has 0 heterocycles. The first kappa shape index (κ1) is 14.6. The van der Waals surface area contributed by atoms with E-state index in [0.717, 1.165) is 5.56 Å². The van der Waals surface area contributed by atoms with Crippen molar-refractivity contribution >= 4 is 23.5 Å². The Kier molecular flexibility index (Phi) is 6.28. The lowest BCUT2D eigenvalue weighted by Crippen LogP contribution is -2.25. The summed E-state index contributed by atoms with van der Waals surface area (Å²) < 4.78 is 0. The van der Waals surface area contributed by atoms with Gasteiger partial charge >= 0.3 is 0 Å². The SMILES string of the molecule is CCNC(=O)CSC(CC(=N)N)c1ccccc1. The molecule has 0 aliphatic carbocycles. The molecule has 98 valence electrons. The van der Waals surface area contributed by atoms with Gasteiger partial charge in [0.2, 0.25) is 5.91 Å². The Labute approximate surface area is 112 Å². The molecule has 0 spiro atoms. The average Bonchev–Trinajstić information content (AvgIpc) is 2.35. The quantitative estimate of drug-likeness (QED) is 0.520. The molecule has 0 aliphatic rings. The molecule has 4 nitrogen and oxygen atoms in total. The molecule has 0 aromatic heterocycles. The van der Waals surface area contributed by atoms with Gasteiger partial charge in [-0.3, -0.25) is 10.2 Å². The highest BCUT2D eigenvalue weighted by molar-refractivity contribution is 8.00. The van der Waals surface area contributed by atoms with Gasteiger partial charge in [0.05, 0.1) is 11.6 Å². The molecule has 1 unspecified atom stereocenters. The number of hydrogen-bond donors (Lipinski definition) is 3. The summed E-state index contributed by atoms with van der Waals surface area (Å²) in [6, 6.07) is 9.85. The van der Waals surface area contributed by atoms with Crippen molar-refractivity contribution in [1.29, 1.82) is 5.41 Å². The molecular formula is C13H19N3OS. The Bertz CT molecular complexity index is 394. The van der Waals surface area contributed by atoms with Crippen LogP contribution in [0.5, 0.6) is 0 Å². The van der Waals surface area contributed by atoms with Crippen molar-refractivity contribution in [1.82, 2.24) is 5.32 Å². The fourth-order valence-electron chi connectivity index (χ4n) is 1.56. The summed E-state index contributed by atoms with van der Waals surface area (Å²) in [4.78, 5) is 11.4. The number of rotatable bonds is 7. The van der Waals surface area contributed by atoms with Gasteiger partial charge in [0.1, 0.15) is 0 Å². The second-order valence-corrected chi connectivity index (χ2v) is 5.08. The van der Waals surface area contributed by atoms with E-state index in [1.54, 1.807) is 0 Å². The first-order valence-corrected chi connectivity index (χ1v) is 6.94. The lowest BCUT2D eigenvalue weighted by Gasteiger charge is -2.16. The zero-order chi connectivity index (χ0) is 13.4. The second kappa shape index (κ2) is 7.76. The standard InChI is InChI=1S/C13H19N3OS/c1-2-16-13(17)9-18-11(8-12(14)15)10-6-4-3-5-7-10/h3-7,11H,2,8-9H2,1H3,(H3,14,15)(H,16,17). The Balaban J connectivity index is 2.62. The Morgan fingerprint density at radius 3 is 2.67 bits per heavy atom. The maximum atomic E-state index is 11.4. The third kappa shape index (κ3) is 5.23. The number of nitrogens with one attached hydrogen (secondary N) is 2. The van der Waals surface area contributed by atoms with Crippen LogP contribution in [-0.2, 0) is 4.79 Å². The molecule has 0 saturated heterocycles. The van der Waals surface area contributed by atoms with Crippen LogP contribution >= 0.6 is 11.8 Å². The smallest absolute Gasteiger partial charge is 0.230 e. The van der Waals surface area contributed by atoms with E-state index in [1.165, 1.54) is 11.8 Å². The molecule has 4 N–H and O–H groups in total. The van der Waals surface area contributed by atoms with E-state index >= 15 is 0 Å². The fraction of sp³-hybridized carbons (Fsp3) is 0.385. The lowest BCUT2D eigenvalue weighted by atomic mass is 10.1. The molecule has 1 rings (SSSR count). The van der Waals surface area contributed by atoms with E-state index in [4.69, 9.17) is 11.1 Å². The van der Waals surface area contributed by atoms with Crippen LogP contribution in [0.3, 0.4) is 0 Å². The Hall–Kier alpha value is -1.49. The second-order valence-electron chi connectivity index (χ2n) is 3.89. The molecule has 1 atom stereocenters. The van der Waals surface area contributed by atoms with Crippen molar-refractivity contribution < 1.29 is 4.79 Å². The Morgan fingerprint density at radius 2 is 2.11 bits per heavy atom. The van der Waals surface area contributed by atoms with Crippen LogP contribution in [0.2, 0.25) is 0 Å². The minimum atomic E-state index is 0.0204. The maximum absolute atomic E-state index is 11.4. The van der Waals surface area contributed by atoms with Crippen LogP contribution < -0.4 is 11.1 Å². The molecule has 0 radical (unpaired) electrons. The van der Waals surface area contributed by atoms with E-state index in [2.05, 4.69) is 5.32 Å². The van der Waals surface area contributed by atoms with Crippen LogP contribution in [0.15, 0.2) is 30.3 Å². The summed E-state index contributed by atoms with van der Waals surface area (Å²) >= 11 is 1.52. The van der Waals surface area contributed by atoms with Crippen LogP contribution in [-0.4, -0.2) is 24.0 Å². The molecule has 0 fully saturated rings. The lowest BCUT2D eigenvalue weighted by molar-refractivity contribution is -0.118. The van der Waals surface area contributed by atoms with Crippen molar-refractivity contribution in [3.63, 3.8) is 0 Å². The van der Waals surface area contributed by atoms with Crippen LogP contribution in [0, 0.1) is 5.41 Å². The van der Waals surface area contributed by atoms with Crippen molar-refractivity contribution in [2.45, 2.75) is 18.6 Å². The largest absolute Gasteiger partial charge is 0.388 e. The minimum absolute atomic E-state index is 0.0204. The van der Waals surface area contributed by atoms with Crippen LogP contribution in [0.4, 0.5) is 0 Å². The number of hydrogen-bond acceptors (Lipinski definition) is 3. The predicted molar refractivity (Wildman–Crippen MR) is 76.9 cm³/mol. The van der Waals surface area contributed by atoms with Gasteiger partial charge in [-0.1, -0.05) is 30.3 Å². The molecule has 5 heteroatoms. The zero-order valence-corrected chi connectivity index (χ0v) is 11.3. The summed E-state index contributed by atoms with van der Waals surface area (Å²) in [5.74, 6) is 0.556. The minimum Gasteiger partial charge on any atom is -0.388 e. The molecule has 1 amide bonds. The highest BCUT2D eigenvalue weighted by Gasteiger charge is 2.14. The number of thioether (sulfide) groups is 1. The van der Waals surface area contributed by atoms with Gasteiger partial charge in [0, 0.05) is 18.2 Å². The van der Waals surface area contributed by atoms with Gasteiger partial charge in [-0.2, -0.15) is 0 Å². The van der Waals surface area contributed by atoms with E-state index in [-0.39, 0.29) is 17.0 Å². The van der Waals surface area contributed by atoms with Gasteiger partial charge in [-0.05, 0) is 12.5 Å². The number of amides is 1. The number of nitrogens with two attached hydrogens (primary N) is 1. The Morgan fingerprint density at radius 1 is 1.44 bits per heavy atom. The van der Waals surface area contributed by atoms with Gasteiger partial charge < -0.3 is 11.1 Å². The van der Waals surface area contributed by atoms with Gasteiger partial charge in [-0.15, -0.1) is 11.8 Å². The molecule has 0 aliphatic heterocycles. The molecule has 0 bridgehead atoms. The van der Waals surface area contributed by atoms with E-state index in [1.807, 2.05) is 37.3 Å². The van der Waals surface area contributed by atoms with Crippen molar-refractivity contribution in [2.75, 3.05) is 12.3 Å². The van der Waals surface area contributed by atoms with Gasteiger partial charge in [0.25, 0.3) is 0 Å². The van der Waals surface area contributed by atoms with Crippen molar-refractivity contribution in [3.8, 4) is 0 Å². The predicted octanol–water partition coefficient (Wildman–Crippen LogP) is 1.92. The van der Waals surface area contributed by atoms with Crippen LogP contribution in [0.25, 0.3) is 0 Å². The summed E-state index contributed by atoms with van der Waals surface area (Å²) in [7, 11) is 0. The van der Waals surface area contributed by atoms with E-state index < -0.39 is 0 Å². The number of carbonyl (C=O) groups excluding carboxylic acids is 1. The molecule has 1 aromatic carbocycles. The number of carbonyl (C=O) groups is 1. The molecule has 0 saturated carbocycles. The normalized spacial score (nSPS) is 11.8. The summed E-state index contributed by atoms with van der Waals surface area (Å²) in [5.41, 5.74) is 6.56. The summed E-state index contributed by atoms with van der Waals surface area (Å²) in [6.45, 7) is 2.54. The first-order valence-electron chi connectivity index (χ1n) is 5.89. The van der Waals surface area contributed by atoms with E-state index in [9.17, 15) is 4.79 Å². The monoisotopic (exact) mass is 265 g/mol. The maximum Gasteiger partial charge on any atom is 0.230 e. The molecule has 1 aromatic rings. The van der Waals surface area contributed by atoms with Gasteiger partial charge in [-0.25, -0.2) is 0 Å². The summed E-state index contributed by atoms with van der Waals surface area (Å²) in [6.07, 6.45) is 0.466. The number of amidine groups is 1. The number of benzene rings is 1. The molecular weight excluding hydrogens is 246 g/mol. The molecule has 18 heavy (non-hydrogen) atoms. The topological polar surface area (TPSA) is 79.0 Å². The highest BCUT2D eigenvalue weighted by atomic mass is 32.2. The van der Waals surface area contributed by atoms with Crippen molar-refractivity contribution in [2.24, 2.45) is 5.73 Å². The van der Waals surface area contributed by atoms with Crippen molar-refractivity contribution in [3.05, 3.63) is 35.9 Å². The summed E-state index contributed by atoms with van der Waals surface area (Å²) in [5, 5.41) is 10.2. The fourth-order valence-corrected chi connectivity index (χ4v) is 2.67. The van der Waals surface area contributed by atoms with E-state index in [0.29, 0.717) is 18.7 Å². The third-order valence-corrected chi connectivity index (χ3v) is 3.64. The zero-order valence-electron chi connectivity index (χ0n) is 10.5. The van der Waals surface area contributed by atoms with Gasteiger partial charge in [0.15, 0.2) is 0 Å². The average molecular weight is 265 g/mol. The first-order chi connectivity index (χ1) is 8.63. The highest BCUT2D eigenvalue weighted by Crippen LogP contribution is 2.31.